The first-order valence-corrected chi connectivity index (χ1v) is 7.17. The fourth-order valence-electron chi connectivity index (χ4n) is 2.90. The van der Waals surface area contributed by atoms with Crippen molar-refractivity contribution in [3.63, 3.8) is 0 Å². The van der Waals surface area contributed by atoms with E-state index in [2.05, 4.69) is 0 Å². The number of rotatable bonds is 2. The molecule has 4 nitrogen and oxygen atoms in total. The number of carbonyl (C=O) groups excluding carboxylic acids is 3. The Labute approximate surface area is 131 Å². The first-order chi connectivity index (χ1) is 11.2. The number of hydrogen-bond acceptors (Lipinski definition) is 3. The summed E-state index contributed by atoms with van der Waals surface area (Å²) < 4.78 is 1.67. The quantitative estimate of drug-likeness (QED) is 0.683. The van der Waals surface area contributed by atoms with Crippen LogP contribution in [0.2, 0.25) is 0 Å². The van der Waals surface area contributed by atoms with Gasteiger partial charge in [-0.15, -0.1) is 0 Å². The molecule has 0 fully saturated rings. The molecule has 2 aromatic heterocycles. The van der Waals surface area contributed by atoms with Crippen LogP contribution in [0, 0.1) is 0 Å². The maximum atomic E-state index is 13.0. The number of allylic oxidation sites excluding steroid dienone is 2. The Balaban J connectivity index is 2.08. The molecular weight excluding hydrogens is 290 g/mol. The Bertz CT molecular complexity index is 1010. The van der Waals surface area contributed by atoms with E-state index in [1.807, 2.05) is 6.07 Å². The average Bonchev–Trinajstić information content (AvgIpc) is 3.05. The van der Waals surface area contributed by atoms with Crippen molar-refractivity contribution in [3.8, 4) is 0 Å². The van der Waals surface area contributed by atoms with E-state index in [1.165, 1.54) is 12.2 Å². The average molecular weight is 301 g/mol. The lowest BCUT2D eigenvalue weighted by Crippen LogP contribution is -2.21. The van der Waals surface area contributed by atoms with Crippen molar-refractivity contribution in [3.05, 3.63) is 89.3 Å². The number of pyridine rings is 1. The summed E-state index contributed by atoms with van der Waals surface area (Å²) in [6.45, 7) is 0. The number of nitrogens with zero attached hydrogens (tertiary/aromatic N) is 1. The van der Waals surface area contributed by atoms with Crippen LogP contribution in [-0.4, -0.2) is 21.8 Å². The Kier molecular flexibility index (Phi) is 2.84. The van der Waals surface area contributed by atoms with Crippen LogP contribution in [0.5, 0.6) is 0 Å². The van der Waals surface area contributed by atoms with Crippen molar-refractivity contribution in [1.82, 2.24) is 4.40 Å². The van der Waals surface area contributed by atoms with Gasteiger partial charge in [0.05, 0.1) is 5.56 Å². The number of aromatic nitrogens is 1. The molecular formula is C19H11NO3. The molecule has 0 aliphatic heterocycles. The molecule has 0 bridgehead atoms. The fourth-order valence-corrected chi connectivity index (χ4v) is 2.90. The highest BCUT2D eigenvalue weighted by molar-refractivity contribution is 6.27. The lowest BCUT2D eigenvalue weighted by Gasteiger charge is -2.16. The summed E-state index contributed by atoms with van der Waals surface area (Å²) >= 11 is 0. The molecule has 0 spiro atoms. The number of fused-ring (bicyclic) bond motifs is 2. The zero-order chi connectivity index (χ0) is 16.0. The molecule has 0 unspecified atom stereocenters. The maximum absolute atomic E-state index is 13.0. The molecule has 0 saturated carbocycles. The van der Waals surface area contributed by atoms with Gasteiger partial charge in [0.25, 0.3) is 0 Å². The highest BCUT2D eigenvalue weighted by atomic mass is 16.1. The summed E-state index contributed by atoms with van der Waals surface area (Å²) in [4.78, 5) is 37.5. The van der Waals surface area contributed by atoms with Crippen LogP contribution in [0.4, 0.5) is 0 Å². The molecule has 0 saturated heterocycles. The minimum Gasteiger partial charge on any atom is -0.313 e. The van der Waals surface area contributed by atoms with E-state index in [0.717, 1.165) is 0 Å². The van der Waals surface area contributed by atoms with E-state index in [1.54, 1.807) is 53.1 Å². The van der Waals surface area contributed by atoms with Crippen LogP contribution < -0.4 is 0 Å². The molecule has 0 radical (unpaired) electrons. The molecule has 0 amide bonds. The number of ketones is 3. The van der Waals surface area contributed by atoms with Gasteiger partial charge in [-0.3, -0.25) is 14.4 Å². The highest BCUT2D eigenvalue weighted by Gasteiger charge is 2.28. The van der Waals surface area contributed by atoms with Gasteiger partial charge in [-0.05, 0) is 30.4 Å². The molecule has 0 atom stereocenters. The molecule has 2 heterocycles. The number of benzene rings is 1. The van der Waals surface area contributed by atoms with E-state index >= 15 is 0 Å². The summed E-state index contributed by atoms with van der Waals surface area (Å²) in [5.74, 6) is -0.861. The predicted molar refractivity (Wildman–Crippen MR) is 85.1 cm³/mol. The molecule has 4 heteroatoms. The van der Waals surface area contributed by atoms with Gasteiger partial charge in [-0.2, -0.15) is 0 Å². The Morgan fingerprint density at radius 1 is 0.870 bits per heavy atom. The second-order valence-electron chi connectivity index (χ2n) is 5.34. The zero-order valence-corrected chi connectivity index (χ0v) is 12.0. The third-order valence-electron chi connectivity index (χ3n) is 3.97. The molecule has 1 aromatic carbocycles. The molecule has 3 aromatic rings. The normalized spacial score (nSPS) is 13.4. The van der Waals surface area contributed by atoms with Gasteiger partial charge in [-0.1, -0.05) is 30.3 Å². The van der Waals surface area contributed by atoms with Crippen LogP contribution in [0.1, 0.15) is 36.8 Å². The minimum atomic E-state index is -0.325. The summed E-state index contributed by atoms with van der Waals surface area (Å²) in [5, 5.41) is 0. The lowest BCUT2D eigenvalue weighted by atomic mass is 9.90. The highest BCUT2D eigenvalue weighted by Crippen LogP contribution is 2.26. The third-order valence-corrected chi connectivity index (χ3v) is 3.97. The molecule has 0 N–H and O–H groups in total. The third kappa shape index (κ3) is 1.96. The van der Waals surface area contributed by atoms with Crippen molar-refractivity contribution < 1.29 is 14.4 Å². The smallest absolute Gasteiger partial charge is 0.210 e. The zero-order valence-electron chi connectivity index (χ0n) is 12.0. The Hall–Kier alpha value is -3.27. The first-order valence-electron chi connectivity index (χ1n) is 7.17. The van der Waals surface area contributed by atoms with E-state index in [4.69, 9.17) is 0 Å². The Morgan fingerprint density at radius 2 is 1.61 bits per heavy atom. The molecule has 1 aliphatic carbocycles. The van der Waals surface area contributed by atoms with Crippen LogP contribution in [0.3, 0.4) is 0 Å². The molecule has 4 rings (SSSR count). The van der Waals surface area contributed by atoms with Gasteiger partial charge < -0.3 is 4.40 Å². The van der Waals surface area contributed by atoms with Crippen molar-refractivity contribution in [1.29, 1.82) is 0 Å². The topological polar surface area (TPSA) is 55.6 Å². The maximum Gasteiger partial charge on any atom is 0.210 e. The van der Waals surface area contributed by atoms with E-state index in [-0.39, 0.29) is 34.2 Å². The van der Waals surface area contributed by atoms with E-state index in [9.17, 15) is 14.4 Å². The Morgan fingerprint density at radius 3 is 2.39 bits per heavy atom. The van der Waals surface area contributed by atoms with Gasteiger partial charge in [-0.25, -0.2) is 0 Å². The van der Waals surface area contributed by atoms with Crippen molar-refractivity contribution in [2.75, 3.05) is 0 Å². The lowest BCUT2D eigenvalue weighted by molar-refractivity contribution is 0.0981. The van der Waals surface area contributed by atoms with E-state index in [0.29, 0.717) is 11.1 Å². The van der Waals surface area contributed by atoms with Crippen LogP contribution in [0.25, 0.3) is 5.52 Å². The first kappa shape index (κ1) is 13.4. The number of hydrogen-bond donors (Lipinski definition) is 0. The van der Waals surface area contributed by atoms with Crippen molar-refractivity contribution in [2.24, 2.45) is 0 Å². The second kappa shape index (κ2) is 4.88. The standard InChI is InChI=1S/C19H11NO3/c21-15-8-9-16(22)17-14(15)11-13-7-4-10-20(13)18(17)19(23)12-5-2-1-3-6-12/h1-11H. The summed E-state index contributed by atoms with van der Waals surface area (Å²) in [6, 6.07) is 14.0. The molecule has 23 heavy (non-hydrogen) atoms. The van der Waals surface area contributed by atoms with Gasteiger partial charge in [0.2, 0.25) is 5.78 Å². The predicted octanol–water partition coefficient (Wildman–Crippen LogP) is 3.11. The summed E-state index contributed by atoms with van der Waals surface area (Å²) in [6.07, 6.45) is 4.20. The molecule has 1 aliphatic rings. The largest absolute Gasteiger partial charge is 0.313 e. The number of carbonyl (C=O) groups is 3. The van der Waals surface area contributed by atoms with Crippen LogP contribution >= 0.6 is 0 Å². The van der Waals surface area contributed by atoms with Gasteiger partial charge in [0.15, 0.2) is 11.6 Å². The van der Waals surface area contributed by atoms with Crippen molar-refractivity contribution >= 4 is 22.9 Å². The van der Waals surface area contributed by atoms with Gasteiger partial charge in [0, 0.05) is 22.8 Å². The van der Waals surface area contributed by atoms with Crippen LogP contribution in [-0.2, 0) is 0 Å². The van der Waals surface area contributed by atoms with Gasteiger partial charge in [0.1, 0.15) is 5.69 Å². The fraction of sp³-hybridized carbons (Fsp3) is 0. The molecule has 110 valence electrons. The van der Waals surface area contributed by atoms with Crippen LogP contribution in [0.15, 0.2) is 66.9 Å². The minimum absolute atomic E-state index is 0.176. The van der Waals surface area contributed by atoms with Crippen molar-refractivity contribution in [2.45, 2.75) is 0 Å². The van der Waals surface area contributed by atoms with E-state index < -0.39 is 0 Å². The monoisotopic (exact) mass is 301 g/mol. The summed E-state index contributed by atoms with van der Waals surface area (Å²) in [7, 11) is 0. The van der Waals surface area contributed by atoms with Gasteiger partial charge >= 0.3 is 0 Å². The second-order valence-corrected chi connectivity index (χ2v) is 5.34. The SMILES string of the molecule is O=C1C=CC(=O)c2c1cc1cccn1c2C(=O)c1ccccc1. The summed E-state index contributed by atoms with van der Waals surface area (Å²) in [5.41, 5.74) is 1.87.